The molecular formula is C21H23N2O5-. The van der Waals surface area contributed by atoms with Crippen molar-refractivity contribution in [3.05, 3.63) is 42.0 Å². The number of benzene rings is 1. The van der Waals surface area contributed by atoms with Crippen LogP contribution < -0.4 is 20.7 Å². The van der Waals surface area contributed by atoms with Gasteiger partial charge in [0.2, 0.25) is 5.91 Å². The largest absolute Gasteiger partial charge is 0.550 e. The topological polar surface area (TPSA) is 108 Å². The SMILES string of the molecule is O=C(NNC(=O)[C@@H]1[C@@H](C(=O)[O-])[C@H]2C=C[C@@H]1C2)c1ccc(OC2CCCC2)cc1. The van der Waals surface area contributed by atoms with E-state index in [1.165, 1.54) is 12.8 Å². The summed E-state index contributed by atoms with van der Waals surface area (Å²) < 4.78 is 5.87. The van der Waals surface area contributed by atoms with E-state index in [4.69, 9.17) is 4.74 Å². The summed E-state index contributed by atoms with van der Waals surface area (Å²) in [6.45, 7) is 0. The Hall–Kier alpha value is -2.83. The fraction of sp³-hybridized carbons (Fsp3) is 0.476. The first-order chi connectivity index (χ1) is 13.5. The lowest BCUT2D eigenvalue weighted by molar-refractivity contribution is -0.313. The summed E-state index contributed by atoms with van der Waals surface area (Å²) >= 11 is 0. The van der Waals surface area contributed by atoms with E-state index < -0.39 is 29.6 Å². The summed E-state index contributed by atoms with van der Waals surface area (Å²) in [5, 5.41) is 11.4. The molecule has 0 saturated heterocycles. The Balaban J connectivity index is 1.32. The number of carboxylic acids is 1. The van der Waals surface area contributed by atoms with Gasteiger partial charge in [0.1, 0.15) is 5.75 Å². The molecule has 2 fully saturated rings. The molecule has 2 saturated carbocycles. The second-order valence-corrected chi connectivity index (χ2v) is 7.81. The summed E-state index contributed by atoms with van der Waals surface area (Å²) in [6, 6.07) is 6.75. The van der Waals surface area contributed by atoms with Gasteiger partial charge in [-0.2, -0.15) is 0 Å². The third-order valence-electron chi connectivity index (χ3n) is 6.05. The van der Waals surface area contributed by atoms with Crippen LogP contribution in [0.4, 0.5) is 0 Å². The van der Waals surface area contributed by atoms with Gasteiger partial charge in [0.15, 0.2) is 0 Å². The summed E-state index contributed by atoms with van der Waals surface area (Å²) in [6.07, 6.45) is 9.06. The van der Waals surface area contributed by atoms with Gasteiger partial charge in [0.05, 0.1) is 12.0 Å². The number of hydrogen-bond donors (Lipinski definition) is 2. The van der Waals surface area contributed by atoms with E-state index in [0.29, 0.717) is 12.0 Å². The molecule has 0 unspecified atom stereocenters. The van der Waals surface area contributed by atoms with E-state index in [2.05, 4.69) is 10.9 Å². The highest BCUT2D eigenvalue weighted by Gasteiger charge is 2.48. The lowest BCUT2D eigenvalue weighted by atomic mass is 9.82. The first kappa shape index (κ1) is 18.5. The number of hydrazine groups is 1. The average Bonchev–Trinajstić information content (AvgIpc) is 3.43. The highest BCUT2D eigenvalue weighted by Crippen LogP contribution is 2.47. The van der Waals surface area contributed by atoms with Crippen LogP contribution in [0.1, 0.15) is 42.5 Å². The van der Waals surface area contributed by atoms with Gasteiger partial charge in [-0.1, -0.05) is 12.2 Å². The Morgan fingerprint density at radius 3 is 2.21 bits per heavy atom. The van der Waals surface area contributed by atoms with Gasteiger partial charge in [-0.15, -0.1) is 0 Å². The summed E-state index contributed by atoms with van der Waals surface area (Å²) in [4.78, 5) is 36.1. The summed E-state index contributed by atoms with van der Waals surface area (Å²) in [5.74, 6) is -3.34. The molecule has 1 aromatic carbocycles. The molecule has 148 valence electrons. The maximum absolute atomic E-state index is 12.5. The molecule has 4 atom stereocenters. The van der Waals surface area contributed by atoms with Gasteiger partial charge >= 0.3 is 0 Å². The minimum Gasteiger partial charge on any atom is -0.550 e. The summed E-state index contributed by atoms with van der Waals surface area (Å²) in [5.41, 5.74) is 5.12. The van der Waals surface area contributed by atoms with Crippen LogP contribution in [0.2, 0.25) is 0 Å². The number of amides is 2. The number of carboxylic acid groups (broad SMARTS) is 1. The zero-order valence-corrected chi connectivity index (χ0v) is 15.4. The number of rotatable bonds is 5. The van der Waals surface area contributed by atoms with Crippen molar-refractivity contribution in [2.45, 2.75) is 38.2 Å². The number of fused-ring (bicyclic) bond motifs is 2. The Kier molecular flexibility index (Phi) is 5.07. The van der Waals surface area contributed by atoms with Gasteiger partial charge in [0, 0.05) is 17.5 Å². The Morgan fingerprint density at radius 2 is 1.57 bits per heavy atom. The molecule has 2 bridgehead atoms. The molecule has 7 heteroatoms. The second-order valence-electron chi connectivity index (χ2n) is 7.81. The third kappa shape index (κ3) is 3.61. The van der Waals surface area contributed by atoms with Crippen LogP contribution in [0.5, 0.6) is 5.75 Å². The van der Waals surface area contributed by atoms with E-state index in [0.717, 1.165) is 18.6 Å². The highest BCUT2D eigenvalue weighted by molar-refractivity contribution is 5.96. The third-order valence-corrected chi connectivity index (χ3v) is 6.05. The fourth-order valence-corrected chi connectivity index (χ4v) is 4.66. The van der Waals surface area contributed by atoms with Crippen molar-refractivity contribution in [3.8, 4) is 5.75 Å². The molecule has 0 spiro atoms. The molecule has 0 aromatic heterocycles. The predicted molar refractivity (Wildman–Crippen MR) is 97.7 cm³/mol. The molecule has 3 aliphatic carbocycles. The van der Waals surface area contributed by atoms with E-state index in [1.54, 1.807) is 24.3 Å². The average molecular weight is 383 g/mol. The zero-order valence-electron chi connectivity index (χ0n) is 15.4. The van der Waals surface area contributed by atoms with Crippen LogP contribution in [0, 0.1) is 23.7 Å². The molecular weight excluding hydrogens is 360 g/mol. The van der Waals surface area contributed by atoms with E-state index in [1.807, 2.05) is 12.2 Å². The van der Waals surface area contributed by atoms with Crippen molar-refractivity contribution in [1.29, 1.82) is 0 Å². The number of carbonyl (C=O) groups is 3. The molecule has 2 amide bonds. The maximum atomic E-state index is 12.5. The van der Waals surface area contributed by atoms with Gasteiger partial charge in [-0.05, 0) is 68.2 Å². The zero-order chi connectivity index (χ0) is 19.7. The quantitative estimate of drug-likeness (QED) is 0.582. The van der Waals surface area contributed by atoms with Crippen LogP contribution in [0.3, 0.4) is 0 Å². The number of nitrogens with one attached hydrogen (secondary N) is 2. The minimum atomic E-state index is -1.22. The number of hydrogen-bond acceptors (Lipinski definition) is 5. The molecule has 1 aromatic rings. The van der Waals surface area contributed by atoms with E-state index in [9.17, 15) is 19.5 Å². The minimum absolute atomic E-state index is 0.128. The van der Waals surface area contributed by atoms with Crippen LogP contribution in [0.15, 0.2) is 36.4 Å². The van der Waals surface area contributed by atoms with Crippen molar-refractivity contribution >= 4 is 17.8 Å². The number of ether oxygens (including phenoxy) is 1. The van der Waals surface area contributed by atoms with Crippen LogP contribution in [0.25, 0.3) is 0 Å². The van der Waals surface area contributed by atoms with Crippen LogP contribution >= 0.6 is 0 Å². The van der Waals surface area contributed by atoms with Crippen molar-refractivity contribution < 1.29 is 24.2 Å². The van der Waals surface area contributed by atoms with Crippen LogP contribution in [-0.4, -0.2) is 23.9 Å². The molecule has 28 heavy (non-hydrogen) atoms. The Labute approximate surface area is 163 Å². The Bertz CT molecular complexity index is 798. The monoisotopic (exact) mass is 383 g/mol. The lowest BCUT2D eigenvalue weighted by Crippen LogP contribution is -2.50. The molecule has 2 N–H and O–H groups in total. The van der Waals surface area contributed by atoms with Crippen LogP contribution in [-0.2, 0) is 9.59 Å². The van der Waals surface area contributed by atoms with Crippen molar-refractivity contribution in [3.63, 3.8) is 0 Å². The van der Waals surface area contributed by atoms with E-state index in [-0.39, 0.29) is 17.9 Å². The summed E-state index contributed by atoms with van der Waals surface area (Å²) in [7, 11) is 0. The molecule has 0 heterocycles. The second kappa shape index (κ2) is 7.66. The van der Waals surface area contributed by atoms with E-state index >= 15 is 0 Å². The number of allylic oxidation sites excluding steroid dienone is 2. The number of carbonyl (C=O) groups excluding carboxylic acids is 3. The molecule has 0 aliphatic heterocycles. The molecule has 3 aliphatic rings. The Morgan fingerprint density at radius 1 is 0.929 bits per heavy atom. The normalized spacial score (nSPS) is 28.3. The van der Waals surface area contributed by atoms with Gasteiger partial charge in [-0.3, -0.25) is 20.4 Å². The molecule has 4 rings (SSSR count). The maximum Gasteiger partial charge on any atom is 0.269 e. The van der Waals surface area contributed by atoms with Gasteiger partial charge in [-0.25, -0.2) is 0 Å². The van der Waals surface area contributed by atoms with Crippen molar-refractivity contribution in [2.75, 3.05) is 0 Å². The first-order valence-corrected chi connectivity index (χ1v) is 9.79. The predicted octanol–water partition coefficient (Wildman–Crippen LogP) is 0.957. The standard InChI is InChI=1S/C21H24N2O5/c24-19(12-7-9-16(10-8-12)28-15-3-1-2-4-15)22-23-20(25)17-13-5-6-14(11-13)18(17)21(26)27/h5-10,13-15,17-18H,1-4,11H2,(H,22,24)(H,23,25)(H,26,27)/p-1/t13-,14+,17+,18+/m1/s1. The lowest BCUT2D eigenvalue weighted by Gasteiger charge is -2.27. The molecule has 0 radical (unpaired) electrons. The fourth-order valence-electron chi connectivity index (χ4n) is 4.66. The smallest absolute Gasteiger partial charge is 0.269 e. The van der Waals surface area contributed by atoms with Crippen molar-refractivity contribution in [1.82, 2.24) is 10.9 Å². The highest BCUT2D eigenvalue weighted by atomic mass is 16.5. The van der Waals surface area contributed by atoms with Gasteiger partial charge < -0.3 is 14.6 Å². The van der Waals surface area contributed by atoms with Gasteiger partial charge in [0.25, 0.3) is 5.91 Å². The molecule has 7 nitrogen and oxygen atoms in total. The first-order valence-electron chi connectivity index (χ1n) is 9.79. The van der Waals surface area contributed by atoms with Crippen molar-refractivity contribution in [2.24, 2.45) is 23.7 Å². The number of aliphatic carboxylic acids is 1.